The Morgan fingerprint density at radius 3 is 2.24 bits per heavy atom. The molecule has 0 aromatic heterocycles. The summed E-state index contributed by atoms with van der Waals surface area (Å²) in [5, 5.41) is 11.2. The molecule has 120 valence electrons. The first-order valence-corrected chi connectivity index (χ1v) is 7.06. The van der Waals surface area contributed by atoms with Crippen molar-refractivity contribution in [3.8, 4) is 0 Å². The van der Waals surface area contributed by atoms with Crippen LogP contribution in [0.15, 0.2) is 0 Å². The molecule has 0 aliphatic carbocycles. The molecule has 0 unspecified atom stereocenters. The molecule has 1 fully saturated rings. The first-order valence-electron chi connectivity index (χ1n) is 7.06. The molecule has 1 heterocycles. The maximum Gasteiger partial charge on any atom is 0.317 e. The highest BCUT2D eigenvalue weighted by Gasteiger charge is 2.23. The molecule has 0 aromatic rings. The van der Waals surface area contributed by atoms with Crippen LogP contribution in [-0.2, 0) is 14.4 Å². The number of carboxylic acids is 1. The van der Waals surface area contributed by atoms with Gasteiger partial charge >= 0.3 is 5.97 Å². The summed E-state index contributed by atoms with van der Waals surface area (Å²) in [6.45, 7) is 5.59. The number of piperazine rings is 1. The third kappa shape index (κ3) is 5.68. The second-order valence-corrected chi connectivity index (χ2v) is 5.54. The van der Waals surface area contributed by atoms with E-state index < -0.39 is 12.0 Å². The number of nitrogens with one attached hydrogen (secondary N) is 1. The average Bonchev–Trinajstić information content (AvgIpc) is 2.43. The fourth-order valence-corrected chi connectivity index (χ4v) is 2.04. The molecule has 0 saturated carbocycles. The van der Waals surface area contributed by atoms with Crippen LogP contribution in [0.4, 0.5) is 0 Å². The minimum atomic E-state index is -0.871. The predicted octanol–water partition coefficient (Wildman–Crippen LogP) is -1.69. The highest BCUT2D eigenvalue weighted by molar-refractivity contribution is 5.87. The molecule has 1 rings (SSSR count). The van der Waals surface area contributed by atoms with Crippen molar-refractivity contribution in [1.82, 2.24) is 15.1 Å². The quantitative estimate of drug-likeness (QED) is 0.539. The number of carbonyl (C=O) groups is 3. The molecule has 4 N–H and O–H groups in total. The molecule has 0 radical (unpaired) electrons. The standard InChI is InChI=1S/C13H24N4O4/c1-9(2)12(14)13(21)15-7-10(18)17-5-3-16(4-6-17)8-11(19)20/h9,12H,3-8,14H2,1-2H3,(H,15,21)(H,19,20)/t12-/m0/s1. The summed E-state index contributed by atoms with van der Waals surface area (Å²) in [4.78, 5) is 37.6. The van der Waals surface area contributed by atoms with E-state index in [2.05, 4.69) is 5.32 Å². The van der Waals surface area contributed by atoms with Crippen molar-refractivity contribution in [1.29, 1.82) is 0 Å². The first-order chi connectivity index (χ1) is 9.81. The van der Waals surface area contributed by atoms with Crippen LogP contribution < -0.4 is 11.1 Å². The smallest absolute Gasteiger partial charge is 0.317 e. The Labute approximate surface area is 124 Å². The lowest BCUT2D eigenvalue weighted by Gasteiger charge is -2.33. The van der Waals surface area contributed by atoms with E-state index in [0.717, 1.165) is 0 Å². The zero-order chi connectivity index (χ0) is 16.0. The summed E-state index contributed by atoms with van der Waals surface area (Å²) >= 11 is 0. The maximum absolute atomic E-state index is 12.0. The molecule has 8 nitrogen and oxygen atoms in total. The fraction of sp³-hybridized carbons (Fsp3) is 0.769. The minimum Gasteiger partial charge on any atom is -0.480 e. The molecule has 8 heteroatoms. The zero-order valence-corrected chi connectivity index (χ0v) is 12.5. The minimum absolute atomic E-state index is 0.0119. The van der Waals surface area contributed by atoms with E-state index in [1.165, 1.54) is 0 Å². The number of hydrogen-bond acceptors (Lipinski definition) is 5. The van der Waals surface area contributed by atoms with Gasteiger partial charge in [-0.3, -0.25) is 19.3 Å². The van der Waals surface area contributed by atoms with Crippen LogP contribution in [0.25, 0.3) is 0 Å². The van der Waals surface area contributed by atoms with Gasteiger partial charge in [-0.2, -0.15) is 0 Å². The topological polar surface area (TPSA) is 116 Å². The van der Waals surface area contributed by atoms with Gasteiger partial charge < -0.3 is 21.1 Å². The zero-order valence-electron chi connectivity index (χ0n) is 12.5. The summed E-state index contributed by atoms with van der Waals surface area (Å²) in [6.07, 6.45) is 0. The molecule has 1 aliphatic heterocycles. The molecule has 0 spiro atoms. The van der Waals surface area contributed by atoms with Gasteiger partial charge in [0.2, 0.25) is 11.8 Å². The third-order valence-electron chi connectivity index (χ3n) is 3.52. The molecular weight excluding hydrogens is 276 g/mol. The van der Waals surface area contributed by atoms with Gasteiger partial charge in [0, 0.05) is 26.2 Å². The molecule has 1 saturated heterocycles. The van der Waals surface area contributed by atoms with Crippen molar-refractivity contribution >= 4 is 17.8 Å². The predicted molar refractivity (Wildman–Crippen MR) is 76.5 cm³/mol. The SMILES string of the molecule is CC(C)[C@H](N)C(=O)NCC(=O)N1CCN(CC(=O)O)CC1. The van der Waals surface area contributed by atoms with E-state index in [4.69, 9.17) is 10.8 Å². The van der Waals surface area contributed by atoms with E-state index in [0.29, 0.717) is 26.2 Å². The Balaban J connectivity index is 2.31. The first kappa shape index (κ1) is 17.4. The summed E-state index contributed by atoms with van der Waals surface area (Å²) in [6, 6.07) is -0.620. The molecule has 21 heavy (non-hydrogen) atoms. The molecule has 1 aliphatic rings. The van der Waals surface area contributed by atoms with Gasteiger partial charge in [-0.1, -0.05) is 13.8 Å². The number of carbonyl (C=O) groups excluding carboxylic acids is 2. The lowest BCUT2D eigenvalue weighted by atomic mass is 10.1. The van der Waals surface area contributed by atoms with Crippen LogP contribution in [0.1, 0.15) is 13.8 Å². The average molecular weight is 300 g/mol. The Bertz CT molecular complexity index is 392. The van der Waals surface area contributed by atoms with E-state index in [1.807, 2.05) is 13.8 Å². The monoisotopic (exact) mass is 300 g/mol. The normalized spacial score (nSPS) is 17.6. The van der Waals surface area contributed by atoms with Gasteiger partial charge in [0.25, 0.3) is 0 Å². The van der Waals surface area contributed by atoms with Gasteiger partial charge in [0.15, 0.2) is 0 Å². The van der Waals surface area contributed by atoms with Crippen molar-refractivity contribution in [2.24, 2.45) is 11.7 Å². The number of aliphatic carboxylic acids is 1. The Kier molecular flexibility index (Phi) is 6.57. The molecule has 2 amide bonds. The fourth-order valence-electron chi connectivity index (χ4n) is 2.04. The van der Waals surface area contributed by atoms with Crippen molar-refractivity contribution in [3.63, 3.8) is 0 Å². The number of amides is 2. The highest BCUT2D eigenvalue weighted by atomic mass is 16.4. The Morgan fingerprint density at radius 1 is 1.19 bits per heavy atom. The van der Waals surface area contributed by atoms with Gasteiger partial charge in [-0.25, -0.2) is 0 Å². The summed E-state index contributed by atoms with van der Waals surface area (Å²) in [5.74, 6) is -1.36. The second kappa shape index (κ2) is 7.94. The Morgan fingerprint density at radius 2 is 1.76 bits per heavy atom. The lowest BCUT2D eigenvalue weighted by Crippen LogP contribution is -2.53. The van der Waals surface area contributed by atoms with Crippen LogP contribution in [0.2, 0.25) is 0 Å². The number of nitrogens with zero attached hydrogens (tertiary/aromatic N) is 2. The molecule has 0 bridgehead atoms. The number of rotatable bonds is 6. The van der Waals surface area contributed by atoms with Crippen LogP contribution in [0.5, 0.6) is 0 Å². The van der Waals surface area contributed by atoms with Gasteiger partial charge in [-0.05, 0) is 5.92 Å². The second-order valence-electron chi connectivity index (χ2n) is 5.54. The Hall–Kier alpha value is -1.67. The third-order valence-corrected chi connectivity index (χ3v) is 3.52. The molecule has 0 aromatic carbocycles. The summed E-state index contributed by atoms with van der Waals surface area (Å²) in [5.41, 5.74) is 5.69. The van der Waals surface area contributed by atoms with E-state index in [9.17, 15) is 14.4 Å². The van der Waals surface area contributed by atoms with Crippen molar-refractivity contribution in [3.05, 3.63) is 0 Å². The van der Waals surface area contributed by atoms with Crippen molar-refractivity contribution in [2.75, 3.05) is 39.3 Å². The van der Waals surface area contributed by atoms with Gasteiger partial charge in [0.1, 0.15) is 0 Å². The van der Waals surface area contributed by atoms with Crippen LogP contribution in [-0.4, -0.2) is 78.0 Å². The number of nitrogens with two attached hydrogens (primary N) is 1. The van der Waals surface area contributed by atoms with Gasteiger partial charge in [0.05, 0.1) is 19.1 Å². The van der Waals surface area contributed by atoms with Crippen LogP contribution in [0, 0.1) is 5.92 Å². The number of carboxylic acid groups (broad SMARTS) is 1. The largest absolute Gasteiger partial charge is 0.480 e. The van der Waals surface area contributed by atoms with E-state index >= 15 is 0 Å². The maximum atomic E-state index is 12.0. The summed E-state index contributed by atoms with van der Waals surface area (Å²) in [7, 11) is 0. The lowest BCUT2D eigenvalue weighted by molar-refractivity contribution is -0.139. The van der Waals surface area contributed by atoms with Crippen LogP contribution >= 0.6 is 0 Å². The van der Waals surface area contributed by atoms with Crippen molar-refractivity contribution in [2.45, 2.75) is 19.9 Å². The van der Waals surface area contributed by atoms with Crippen molar-refractivity contribution < 1.29 is 19.5 Å². The van der Waals surface area contributed by atoms with E-state index in [1.54, 1.807) is 9.80 Å². The van der Waals surface area contributed by atoms with Crippen LogP contribution in [0.3, 0.4) is 0 Å². The highest BCUT2D eigenvalue weighted by Crippen LogP contribution is 2.02. The molecular formula is C13H24N4O4. The van der Waals surface area contributed by atoms with E-state index in [-0.39, 0.29) is 30.8 Å². The molecule has 1 atom stereocenters. The summed E-state index contributed by atoms with van der Waals surface area (Å²) < 4.78 is 0. The van der Waals surface area contributed by atoms with Gasteiger partial charge in [-0.15, -0.1) is 0 Å². The number of hydrogen-bond donors (Lipinski definition) is 3.